The number of carbonyl (C=O) groups is 2. The van der Waals surface area contributed by atoms with E-state index in [2.05, 4.69) is 5.32 Å². The second-order valence-corrected chi connectivity index (χ2v) is 5.78. The van der Waals surface area contributed by atoms with Crippen LogP contribution in [0.15, 0.2) is 24.3 Å². The van der Waals surface area contributed by atoms with Gasteiger partial charge in [-0.3, -0.25) is 4.79 Å². The molecule has 5 heteroatoms. The van der Waals surface area contributed by atoms with Crippen molar-refractivity contribution in [3.63, 3.8) is 0 Å². The van der Waals surface area contributed by atoms with E-state index in [9.17, 15) is 9.59 Å². The second kappa shape index (κ2) is 7.29. The quantitative estimate of drug-likeness (QED) is 0.848. The van der Waals surface area contributed by atoms with Crippen molar-refractivity contribution in [3.05, 3.63) is 29.8 Å². The van der Waals surface area contributed by atoms with Crippen molar-refractivity contribution >= 4 is 11.9 Å². The van der Waals surface area contributed by atoms with Crippen molar-refractivity contribution in [2.45, 2.75) is 44.6 Å². The molecule has 0 atom stereocenters. The SMILES string of the molecule is COC(=O)C1(NC(=O)COc2ccc(C)cc2)CCCCC1. The van der Waals surface area contributed by atoms with E-state index < -0.39 is 5.54 Å². The lowest BCUT2D eigenvalue weighted by atomic mass is 9.81. The van der Waals surface area contributed by atoms with Gasteiger partial charge in [0.15, 0.2) is 6.61 Å². The third kappa shape index (κ3) is 4.00. The Kier molecular flexibility index (Phi) is 5.41. The number of benzene rings is 1. The van der Waals surface area contributed by atoms with E-state index in [1.54, 1.807) is 0 Å². The number of aryl methyl sites for hydroxylation is 1. The Morgan fingerprint density at radius 1 is 1.14 bits per heavy atom. The molecule has 1 aromatic rings. The summed E-state index contributed by atoms with van der Waals surface area (Å²) in [7, 11) is 1.35. The highest BCUT2D eigenvalue weighted by Crippen LogP contribution is 2.29. The summed E-state index contributed by atoms with van der Waals surface area (Å²) >= 11 is 0. The predicted molar refractivity (Wildman–Crippen MR) is 82.6 cm³/mol. The average Bonchev–Trinajstić information content (AvgIpc) is 2.54. The van der Waals surface area contributed by atoms with Gasteiger partial charge >= 0.3 is 5.97 Å². The molecule has 1 fully saturated rings. The van der Waals surface area contributed by atoms with Crippen LogP contribution in [-0.2, 0) is 14.3 Å². The summed E-state index contributed by atoms with van der Waals surface area (Å²) in [4.78, 5) is 24.2. The summed E-state index contributed by atoms with van der Waals surface area (Å²) in [6, 6.07) is 7.48. The highest BCUT2D eigenvalue weighted by Gasteiger charge is 2.41. The maximum absolute atomic E-state index is 12.1. The van der Waals surface area contributed by atoms with Crippen molar-refractivity contribution in [1.82, 2.24) is 5.32 Å². The highest BCUT2D eigenvalue weighted by atomic mass is 16.5. The summed E-state index contributed by atoms with van der Waals surface area (Å²) in [6.07, 6.45) is 4.14. The zero-order valence-corrected chi connectivity index (χ0v) is 13.2. The summed E-state index contributed by atoms with van der Waals surface area (Å²) < 4.78 is 10.3. The molecule has 0 radical (unpaired) electrons. The van der Waals surface area contributed by atoms with Gasteiger partial charge in [0.1, 0.15) is 11.3 Å². The van der Waals surface area contributed by atoms with E-state index in [0.717, 1.165) is 24.8 Å². The van der Waals surface area contributed by atoms with Crippen molar-refractivity contribution in [2.24, 2.45) is 0 Å². The molecule has 0 aromatic heterocycles. The van der Waals surface area contributed by atoms with Gasteiger partial charge in [-0.05, 0) is 31.9 Å². The monoisotopic (exact) mass is 305 g/mol. The fraction of sp³-hybridized carbons (Fsp3) is 0.529. The molecule has 0 spiro atoms. The van der Waals surface area contributed by atoms with Crippen LogP contribution in [0.1, 0.15) is 37.7 Å². The third-order valence-corrected chi connectivity index (χ3v) is 4.05. The molecule has 1 N–H and O–H groups in total. The fourth-order valence-electron chi connectivity index (χ4n) is 2.82. The second-order valence-electron chi connectivity index (χ2n) is 5.78. The predicted octanol–water partition coefficient (Wildman–Crippen LogP) is 2.37. The third-order valence-electron chi connectivity index (χ3n) is 4.05. The van der Waals surface area contributed by atoms with Crippen LogP contribution >= 0.6 is 0 Å². The minimum atomic E-state index is -0.888. The highest BCUT2D eigenvalue weighted by molar-refractivity contribution is 5.88. The van der Waals surface area contributed by atoms with E-state index in [1.807, 2.05) is 31.2 Å². The average molecular weight is 305 g/mol. The van der Waals surface area contributed by atoms with Crippen molar-refractivity contribution in [3.8, 4) is 5.75 Å². The van der Waals surface area contributed by atoms with Gasteiger partial charge in [-0.15, -0.1) is 0 Å². The molecule has 120 valence electrons. The molecule has 5 nitrogen and oxygen atoms in total. The Bertz CT molecular complexity index is 518. The lowest BCUT2D eigenvalue weighted by molar-refractivity contribution is -0.152. The Morgan fingerprint density at radius 2 is 1.77 bits per heavy atom. The lowest BCUT2D eigenvalue weighted by Crippen LogP contribution is -2.57. The van der Waals surface area contributed by atoms with Crippen molar-refractivity contribution < 1.29 is 19.1 Å². The first-order valence-corrected chi connectivity index (χ1v) is 7.65. The van der Waals surface area contributed by atoms with Crippen molar-refractivity contribution in [2.75, 3.05) is 13.7 Å². The molecule has 0 bridgehead atoms. The molecule has 0 saturated heterocycles. The van der Waals surface area contributed by atoms with E-state index in [1.165, 1.54) is 7.11 Å². The van der Waals surface area contributed by atoms with Crippen molar-refractivity contribution in [1.29, 1.82) is 0 Å². The number of carbonyl (C=O) groups excluding carboxylic acids is 2. The van der Waals surface area contributed by atoms with Crippen LogP contribution in [0.4, 0.5) is 0 Å². The molecule has 0 aliphatic heterocycles. The first-order valence-electron chi connectivity index (χ1n) is 7.65. The van der Waals surface area contributed by atoms with Crippen LogP contribution in [0.25, 0.3) is 0 Å². The number of esters is 1. The maximum Gasteiger partial charge on any atom is 0.331 e. The smallest absolute Gasteiger partial charge is 0.331 e. The van der Waals surface area contributed by atoms with Gasteiger partial charge in [-0.1, -0.05) is 37.0 Å². The van der Waals surface area contributed by atoms with E-state index in [0.29, 0.717) is 18.6 Å². The van der Waals surface area contributed by atoms with E-state index in [-0.39, 0.29) is 18.5 Å². The molecule has 0 heterocycles. The summed E-state index contributed by atoms with van der Waals surface area (Å²) in [6.45, 7) is 1.88. The van der Waals surface area contributed by atoms with Gasteiger partial charge in [-0.2, -0.15) is 0 Å². The molecule has 0 unspecified atom stereocenters. The summed E-state index contributed by atoms with van der Waals surface area (Å²) in [5, 5.41) is 2.83. The zero-order chi connectivity index (χ0) is 16.0. The van der Waals surface area contributed by atoms with Crippen LogP contribution in [0, 0.1) is 6.92 Å². The molecule has 22 heavy (non-hydrogen) atoms. The molecule has 1 aromatic carbocycles. The number of hydrogen-bond acceptors (Lipinski definition) is 4. The minimum absolute atomic E-state index is 0.109. The Labute approximate surface area is 131 Å². The molecular formula is C17H23NO4. The number of ether oxygens (including phenoxy) is 2. The lowest BCUT2D eigenvalue weighted by Gasteiger charge is -2.35. The van der Waals surface area contributed by atoms with Gasteiger partial charge in [-0.25, -0.2) is 4.79 Å². The molecule has 2 rings (SSSR count). The van der Waals surface area contributed by atoms with E-state index >= 15 is 0 Å². The summed E-state index contributed by atoms with van der Waals surface area (Å²) in [5.74, 6) is -0.0275. The molecule has 1 aliphatic rings. The minimum Gasteiger partial charge on any atom is -0.484 e. The fourth-order valence-corrected chi connectivity index (χ4v) is 2.82. The van der Waals surface area contributed by atoms with Crippen LogP contribution in [-0.4, -0.2) is 31.1 Å². The van der Waals surface area contributed by atoms with Gasteiger partial charge in [0.2, 0.25) is 0 Å². The molecule has 1 amide bonds. The largest absolute Gasteiger partial charge is 0.484 e. The van der Waals surface area contributed by atoms with Crippen LogP contribution in [0.5, 0.6) is 5.75 Å². The zero-order valence-electron chi connectivity index (χ0n) is 13.2. The Hall–Kier alpha value is -2.04. The topological polar surface area (TPSA) is 64.6 Å². The van der Waals surface area contributed by atoms with Gasteiger partial charge in [0.05, 0.1) is 7.11 Å². The summed E-state index contributed by atoms with van der Waals surface area (Å²) in [5.41, 5.74) is 0.240. The Balaban J connectivity index is 1.93. The van der Waals surface area contributed by atoms with E-state index in [4.69, 9.17) is 9.47 Å². The maximum atomic E-state index is 12.1. The number of amides is 1. The normalized spacial score (nSPS) is 16.6. The Morgan fingerprint density at radius 3 is 2.36 bits per heavy atom. The first-order chi connectivity index (χ1) is 10.6. The molecule has 1 aliphatic carbocycles. The number of nitrogens with one attached hydrogen (secondary N) is 1. The number of rotatable bonds is 5. The standard InChI is InChI=1S/C17H23NO4/c1-13-6-8-14(9-7-13)22-12-15(19)18-17(16(20)21-2)10-4-3-5-11-17/h6-9H,3-5,10-12H2,1-2H3,(H,18,19). The van der Waals surface area contributed by atoms with Gasteiger partial charge in [0.25, 0.3) is 5.91 Å². The number of methoxy groups -OCH3 is 1. The van der Waals surface area contributed by atoms with Gasteiger partial charge in [0, 0.05) is 0 Å². The van der Waals surface area contributed by atoms with Crippen LogP contribution in [0.3, 0.4) is 0 Å². The van der Waals surface area contributed by atoms with Gasteiger partial charge < -0.3 is 14.8 Å². The molecular weight excluding hydrogens is 282 g/mol. The molecule has 1 saturated carbocycles. The van der Waals surface area contributed by atoms with Crippen LogP contribution < -0.4 is 10.1 Å². The first kappa shape index (κ1) is 16.3. The van der Waals surface area contributed by atoms with Crippen LogP contribution in [0.2, 0.25) is 0 Å². The number of hydrogen-bond donors (Lipinski definition) is 1.